The van der Waals surface area contributed by atoms with Crippen molar-refractivity contribution < 1.29 is 9.53 Å². The summed E-state index contributed by atoms with van der Waals surface area (Å²) in [7, 11) is 1.46. The Kier molecular flexibility index (Phi) is 4.40. The van der Waals surface area contributed by atoms with Gasteiger partial charge in [-0.15, -0.1) is 0 Å². The van der Waals surface area contributed by atoms with E-state index in [0.717, 1.165) is 25.4 Å². The van der Waals surface area contributed by atoms with E-state index in [1.807, 2.05) is 0 Å². The highest BCUT2D eigenvalue weighted by Gasteiger charge is 2.36. The van der Waals surface area contributed by atoms with E-state index >= 15 is 0 Å². The van der Waals surface area contributed by atoms with Crippen LogP contribution >= 0.6 is 0 Å². The second-order valence-corrected chi connectivity index (χ2v) is 5.49. The van der Waals surface area contributed by atoms with E-state index in [-0.39, 0.29) is 18.1 Å². The van der Waals surface area contributed by atoms with Crippen molar-refractivity contribution in [2.45, 2.75) is 50.6 Å². The van der Waals surface area contributed by atoms with Crippen molar-refractivity contribution in [1.82, 2.24) is 4.90 Å². The van der Waals surface area contributed by atoms with Crippen molar-refractivity contribution in [1.29, 1.82) is 0 Å². The molecule has 1 unspecified atom stereocenters. The fraction of sp³-hybridized carbons (Fsp3) is 0.923. The average molecular weight is 240 g/mol. The minimum absolute atomic E-state index is 0.100. The smallest absolute Gasteiger partial charge is 0.323 e. The van der Waals surface area contributed by atoms with Gasteiger partial charge in [0.1, 0.15) is 6.04 Å². The van der Waals surface area contributed by atoms with E-state index in [1.165, 1.54) is 39.2 Å². The maximum Gasteiger partial charge on any atom is 0.323 e. The van der Waals surface area contributed by atoms with Gasteiger partial charge in [-0.2, -0.15) is 0 Å². The molecular formula is C13H24N2O2. The molecule has 2 N–H and O–H groups in total. The number of hydrogen-bond donors (Lipinski definition) is 1. The number of hydrogen-bond acceptors (Lipinski definition) is 4. The third-order valence-corrected chi connectivity index (χ3v) is 4.13. The number of esters is 1. The molecule has 1 aliphatic carbocycles. The second kappa shape index (κ2) is 5.83. The third kappa shape index (κ3) is 3.19. The van der Waals surface area contributed by atoms with E-state index in [2.05, 4.69) is 4.90 Å². The number of methoxy groups -OCH3 is 1. The van der Waals surface area contributed by atoms with Crippen LogP contribution in [0.2, 0.25) is 0 Å². The number of carbonyl (C=O) groups is 1. The van der Waals surface area contributed by atoms with Crippen LogP contribution in [0.3, 0.4) is 0 Å². The van der Waals surface area contributed by atoms with Gasteiger partial charge in [0.15, 0.2) is 0 Å². The average Bonchev–Trinajstić information content (AvgIpc) is 2.70. The molecule has 4 nitrogen and oxygen atoms in total. The molecule has 1 saturated carbocycles. The standard InChI is InChI=1S/C13H24N2O2/c1-17-13(16)12-7-11(14)9-15(12)8-10-5-3-2-4-6-10/h10-12H,2-9,14H2,1H3/t11-,12?/m0/s1. The predicted molar refractivity (Wildman–Crippen MR) is 66.5 cm³/mol. The lowest BCUT2D eigenvalue weighted by molar-refractivity contribution is -0.146. The SMILES string of the molecule is COC(=O)C1C[C@H](N)CN1CC1CCCCC1. The Labute approximate surface area is 103 Å². The molecule has 1 heterocycles. The summed E-state index contributed by atoms with van der Waals surface area (Å²) >= 11 is 0. The number of likely N-dealkylation sites (tertiary alicyclic amines) is 1. The molecule has 2 atom stereocenters. The number of nitrogens with zero attached hydrogens (tertiary/aromatic N) is 1. The Morgan fingerprint density at radius 3 is 2.71 bits per heavy atom. The van der Waals surface area contributed by atoms with Crippen molar-refractivity contribution >= 4 is 5.97 Å². The summed E-state index contributed by atoms with van der Waals surface area (Å²) in [6.45, 7) is 1.86. The monoisotopic (exact) mass is 240 g/mol. The highest BCUT2D eigenvalue weighted by molar-refractivity contribution is 5.76. The zero-order valence-electron chi connectivity index (χ0n) is 10.7. The summed E-state index contributed by atoms with van der Waals surface area (Å²) in [6, 6.07) is 0.0274. The van der Waals surface area contributed by atoms with Crippen LogP contribution in [0.5, 0.6) is 0 Å². The molecule has 0 spiro atoms. The van der Waals surface area contributed by atoms with Gasteiger partial charge in [-0.25, -0.2) is 0 Å². The first-order chi connectivity index (χ1) is 8.20. The van der Waals surface area contributed by atoms with Crippen LogP contribution in [-0.4, -0.2) is 43.2 Å². The molecule has 1 saturated heterocycles. The van der Waals surface area contributed by atoms with Gasteiger partial charge in [-0.1, -0.05) is 19.3 Å². The number of rotatable bonds is 3. The van der Waals surface area contributed by atoms with Crippen LogP contribution in [0.1, 0.15) is 38.5 Å². The predicted octanol–water partition coefficient (Wildman–Crippen LogP) is 1.14. The lowest BCUT2D eigenvalue weighted by Gasteiger charge is -2.29. The number of carbonyl (C=O) groups excluding carboxylic acids is 1. The molecule has 2 aliphatic rings. The molecule has 0 aromatic carbocycles. The third-order valence-electron chi connectivity index (χ3n) is 4.13. The number of nitrogens with two attached hydrogens (primary N) is 1. The van der Waals surface area contributed by atoms with Crippen molar-refractivity contribution in [2.75, 3.05) is 20.2 Å². The van der Waals surface area contributed by atoms with E-state index < -0.39 is 0 Å². The first-order valence-corrected chi connectivity index (χ1v) is 6.78. The Bertz CT molecular complexity index is 264. The lowest BCUT2D eigenvalue weighted by Crippen LogP contribution is -2.40. The summed E-state index contributed by atoms with van der Waals surface area (Å²) in [6.07, 6.45) is 7.41. The highest BCUT2D eigenvalue weighted by atomic mass is 16.5. The van der Waals surface area contributed by atoms with Gasteiger partial charge in [-0.05, 0) is 25.2 Å². The topological polar surface area (TPSA) is 55.6 Å². The summed E-state index contributed by atoms with van der Waals surface area (Å²) < 4.78 is 4.87. The normalized spacial score (nSPS) is 31.6. The first kappa shape index (κ1) is 12.8. The largest absolute Gasteiger partial charge is 0.468 e. The van der Waals surface area contributed by atoms with Crippen LogP contribution in [0.25, 0.3) is 0 Å². The highest BCUT2D eigenvalue weighted by Crippen LogP contribution is 2.27. The zero-order valence-corrected chi connectivity index (χ0v) is 10.7. The van der Waals surface area contributed by atoms with Crippen molar-refractivity contribution in [3.8, 4) is 0 Å². The Balaban J connectivity index is 1.90. The van der Waals surface area contributed by atoms with Gasteiger partial charge in [0, 0.05) is 19.1 Å². The van der Waals surface area contributed by atoms with Crippen molar-refractivity contribution in [3.05, 3.63) is 0 Å². The van der Waals surface area contributed by atoms with Crippen LogP contribution in [0, 0.1) is 5.92 Å². The van der Waals surface area contributed by atoms with E-state index in [9.17, 15) is 4.79 Å². The molecule has 2 rings (SSSR count). The molecular weight excluding hydrogens is 216 g/mol. The molecule has 0 amide bonds. The fourth-order valence-corrected chi connectivity index (χ4v) is 3.22. The minimum Gasteiger partial charge on any atom is -0.468 e. The van der Waals surface area contributed by atoms with Gasteiger partial charge in [-0.3, -0.25) is 9.69 Å². The second-order valence-electron chi connectivity index (χ2n) is 5.49. The van der Waals surface area contributed by atoms with E-state index in [4.69, 9.17) is 10.5 Å². The number of ether oxygens (including phenoxy) is 1. The van der Waals surface area contributed by atoms with Crippen LogP contribution in [0.4, 0.5) is 0 Å². The molecule has 98 valence electrons. The van der Waals surface area contributed by atoms with Gasteiger partial charge < -0.3 is 10.5 Å². The summed E-state index contributed by atoms with van der Waals surface area (Å²) in [5, 5.41) is 0. The van der Waals surface area contributed by atoms with Crippen LogP contribution < -0.4 is 5.73 Å². The maximum absolute atomic E-state index is 11.7. The van der Waals surface area contributed by atoms with Gasteiger partial charge in [0.05, 0.1) is 7.11 Å². The molecule has 0 bridgehead atoms. The molecule has 0 aromatic heterocycles. The van der Waals surface area contributed by atoms with Gasteiger partial charge >= 0.3 is 5.97 Å². The maximum atomic E-state index is 11.7. The quantitative estimate of drug-likeness (QED) is 0.752. The van der Waals surface area contributed by atoms with E-state index in [0.29, 0.717) is 0 Å². The molecule has 17 heavy (non-hydrogen) atoms. The Hall–Kier alpha value is -0.610. The molecule has 4 heteroatoms. The van der Waals surface area contributed by atoms with Crippen molar-refractivity contribution in [3.63, 3.8) is 0 Å². The lowest BCUT2D eigenvalue weighted by atomic mass is 9.89. The van der Waals surface area contributed by atoms with Crippen molar-refractivity contribution in [2.24, 2.45) is 11.7 Å². The molecule has 0 radical (unpaired) electrons. The zero-order chi connectivity index (χ0) is 12.3. The van der Waals surface area contributed by atoms with E-state index in [1.54, 1.807) is 0 Å². The minimum atomic E-state index is -0.117. The summed E-state index contributed by atoms with van der Waals surface area (Å²) in [5.74, 6) is 0.634. The van der Waals surface area contributed by atoms with Crippen LogP contribution in [-0.2, 0) is 9.53 Å². The van der Waals surface area contributed by atoms with Crippen LogP contribution in [0.15, 0.2) is 0 Å². The molecule has 2 fully saturated rings. The summed E-state index contributed by atoms with van der Waals surface area (Å²) in [5.41, 5.74) is 5.96. The fourth-order valence-electron chi connectivity index (χ4n) is 3.22. The Morgan fingerprint density at radius 2 is 2.06 bits per heavy atom. The summed E-state index contributed by atoms with van der Waals surface area (Å²) in [4.78, 5) is 13.9. The van der Waals surface area contributed by atoms with Gasteiger partial charge in [0.2, 0.25) is 0 Å². The van der Waals surface area contributed by atoms with Gasteiger partial charge in [0.25, 0.3) is 0 Å². The first-order valence-electron chi connectivity index (χ1n) is 6.78. The molecule has 0 aromatic rings. The molecule has 1 aliphatic heterocycles. The Morgan fingerprint density at radius 1 is 1.35 bits per heavy atom.